The van der Waals surface area contributed by atoms with Crippen LogP contribution in [0.5, 0.6) is 0 Å². The van der Waals surface area contributed by atoms with Gasteiger partial charge in [-0.05, 0) is 50.2 Å². The molecule has 1 aliphatic heterocycles. The van der Waals surface area contributed by atoms with Gasteiger partial charge in [0.25, 0.3) is 0 Å². The quantitative estimate of drug-likeness (QED) is 0.404. The van der Waals surface area contributed by atoms with Crippen LogP contribution in [0, 0.1) is 5.82 Å². The summed E-state index contributed by atoms with van der Waals surface area (Å²) in [5.74, 6) is 0.841. The van der Waals surface area contributed by atoms with Crippen LogP contribution in [0.4, 0.5) is 4.39 Å². The van der Waals surface area contributed by atoms with E-state index in [2.05, 4.69) is 14.9 Å². The molecule has 1 aromatic heterocycles. The fourth-order valence-electron chi connectivity index (χ4n) is 4.16. The van der Waals surface area contributed by atoms with E-state index in [1.807, 2.05) is 0 Å². The largest absolute Gasteiger partial charge is 0.342 e. The van der Waals surface area contributed by atoms with Gasteiger partial charge in [-0.25, -0.2) is 17.8 Å². The Kier molecular flexibility index (Phi) is 7.53. The molecule has 0 unspecified atom stereocenters. The molecule has 1 aliphatic rings. The van der Waals surface area contributed by atoms with Gasteiger partial charge in [0.05, 0.1) is 26.1 Å². The lowest BCUT2D eigenvalue weighted by Crippen LogP contribution is -2.41. The van der Waals surface area contributed by atoms with Crippen LogP contribution in [-0.4, -0.2) is 60.3 Å². The zero-order valence-corrected chi connectivity index (χ0v) is 21.1. The highest BCUT2D eigenvalue weighted by atomic mass is 35.5. The highest BCUT2D eigenvalue weighted by Crippen LogP contribution is 2.33. The maximum absolute atomic E-state index is 13.4. The number of nitrogens with one attached hydrogen (secondary N) is 1. The van der Waals surface area contributed by atoms with Crippen molar-refractivity contribution in [3.05, 3.63) is 57.0 Å². The van der Waals surface area contributed by atoms with Crippen molar-refractivity contribution >= 4 is 55.9 Å². The highest BCUT2D eigenvalue weighted by Gasteiger charge is 2.28. The second kappa shape index (κ2) is 10.1. The van der Waals surface area contributed by atoms with E-state index in [0.717, 1.165) is 37.3 Å². The molecule has 33 heavy (non-hydrogen) atoms. The van der Waals surface area contributed by atoms with E-state index in [-0.39, 0.29) is 31.7 Å². The molecule has 1 saturated heterocycles. The summed E-state index contributed by atoms with van der Waals surface area (Å²) in [6.45, 7) is 4.68. The van der Waals surface area contributed by atoms with Crippen LogP contribution in [0.25, 0.3) is 11.0 Å². The number of hydrogen-bond donors (Lipinski definition) is 1. The fraction of sp³-hybridized carbons (Fsp3) is 0.409. The van der Waals surface area contributed by atoms with Crippen LogP contribution in [0.2, 0.25) is 15.1 Å². The summed E-state index contributed by atoms with van der Waals surface area (Å²) < 4.78 is 41.1. The number of hydrogen-bond acceptors (Lipinski definition) is 4. The van der Waals surface area contributed by atoms with E-state index < -0.39 is 10.0 Å². The molecule has 6 nitrogen and oxygen atoms in total. The first-order valence-electron chi connectivity index (χ1n) is 10.7. The second-order valence-electron chi connectivity index (χ2n) is 8.09. The number of likely N-dealkylation sites (tertiary alicyclic amines) is 1. The zero-order valence-electron chi connectivity index (χ0n) is 18.0. The topological polar surface area (TPSA) is 69.3 Å². The Balaban J connectivity index is 1.37. The molecule has 4 rings (SSSR count). The van der Waals surface area contributed by atoms with Crippen LogP contribution in [0.15, 0.2) is 35.2 Å². The van der Waals surface area contributed by atoms with Crippen LogP contribution < -0.4 is 0 Å². The van der Waals surface area contributed by atoms with Crippen LogP contribution in [-0.2, 0) is 10.0 Å². The van der Waals surface area contributed by atoms with Crippen molar-refractivity contribution in [3.63, 3.8) is 0 Å². The Morgan fingerprint density at radius 3 is 2.52 bits per heavy atom. The van der Waals surface area contributed by atoms with Crippen molar-refractivity contribution in [2.75, 3.05) is 32.7 Å². The first kappa shape index (κ1) is 24.7. The van der Waals surface area contributed by atoms with Gasteiger partial charge in [0, 0.05) is 31.6 Å². The molecule has 11 heteroatoms. The van der Waals surface area contributed by atoms with Crippen molar-refractivity contribution in [3.8, 4) is 0 Å². The summed E-state index contributed by atoms with van der Waals surface area (Å²) in [6.07, 6.45) is 1.78. The third-order valence-electron chi connectivity index (χ3n) is 6.05. The molecule has 0 atom stereocenters. The number of piperidine rings is 1. The Morgan fingerprint density at radius 1 is 1.12 bits per heavy atom. The van der Waals surface area contributed by atoms with Gasteiger partial charge in [0.15, 0.2) is 0 Å². The lowest BCUT2D eigenvalue weighted by molar-refractivity contribution is 0.198. The summed E-state index contributed by atoms with van der Waals surface area (Å²) in [5.41, 5.74) is 1.47. The summed E-state index contributed by atoms with van der Waals surface area (Å²) in [6, 6.07) is 7.21. The van der Waals surface area contributed by atoms with E-state index in [9.17, 15) is 12.8 Å². The highest BCUT2D eigenvalue weighted by molar-refractivity contribution is 7.89. The summed E-state index contributed by atoms with van der Waals surface area (Å²) in [7, 11) is -3.81. The van der Waals surface area contributed by atoms with Crippen molar-refractivity contribution in [2.24, 2.45) is 0 Å². The SMILES string of the molecule is CCN(CCN1CCC(c2nc3cc(F)ccc3[nH]2)CC1)S(=O)(=O)c1cc(Cl)c(Cl)cc1Cl. The maximum atomic E-state index is 13.4. The first-order chi connectivity index (χ1) is 15.7. The third-order valence-corrected chi connectivity index (χ3v) is 9.21. The van der Waals surface area contributed by atoms with Gasteiger partial charge in [-0.15, -0.1) is 0 Å². The number of H-pyrrole nitrogens is 1. The molecule has 1 fully saturated rings. The average molecular weight is 534 g/mol. The molecule has 178 valence electrons. The van der Waals surface area contributed by atoms with Gasteiger partial charge in [-0.3, -0.25) is 0 Å². The van der Waals surface area contributed by atoms with Gasteiger partial charge < -0.3 is 9.88 Å². The summed E-state index contributed by atoms with van der Waals surface area (Å²) in [5, 5.41) is 0.404. The molecule has 2 aromatic carbocycles. The van der Waals surface area contributed by atoms with Crippen LogP contribution in [0.1, 0.15) is 31.5 Å². The van der Waals surface area contributed by atoms with Gasteiger partial charge >= 0.3 is 0 Å². The summed E-state index contributed by atoms with van der Waals surface area (Å²) in [4.78, 5) is 10.1. The lowest BCUT2D eigenvalue weighted by Gasteiger charge is -2.32. The van der Waals surface area contributed by atoms with Gasteiger partial charge in [0.1, 0.15) is 16.5 Å². The van der Waals surface area contributed by atoms with E-state index in [4.69, 9.17) is 34.8 Å². The second-order valence-corrected chi connectivity index (χ2v) is 11.2. The summed E-state index contributed by atoms with van der Waals surface area (Å²) >= 11 is 18.1. The number of halogens is 4. The Morgan fingerprint density at radius 2 is 1.82 bits per heavy atom. The van der Waals surface area contributed by atoms with Crippen LogP contribution >= 0.6 is 34.8 Å². The van der Waals surface area contributed by atoms with E-state index in [1.165, 1.54) is 28.6 Å². The minimum absolute atomic E-state index is 0.0413. The predicted octanol–water partition coefficient (Wildman–Crippen LogP) is 5.55. The third kappa shape index (κ3) is 5.31. The minimum atomic E-state index is -3.81. The van der Waals surface area contributed by atoms with Gasteiger partial charge in [0.2, 0.25) is 10.0 Å². The van der Waals surface area contributed by atoms with E-state index >= 15 is 0 Å². The molecule has 0 amide bonds. The molecule has 0 radical (unpaired) electrons. The molecule has 3 aromatic rings. The number of imidazole rings is 1. The maximum Gasteiger partial charge on any atom is 0.244 e. The zero-order chi connectivity index (χ0) is 23.8. The fourth-order valence-corrected chi connectivity index (χ4v) is 6.58. The van der Waals surface area contributed by atoms with Crippen molar-refractivity contribution in [1.29, 1.82) is 0 Å². The van der Waals surface area contributed by atoms with Gasteiger partial charge in [-0.2, -0.15) is 4.31 Å². The Hall–Kier alpha value is -1.42. The number of nitrogens with zero attached hydrogens (tertiary/aromatic N) is 3. The number of aromatic amines is 1. The average Bonchev–Trinajstić information content (AvgIpc) is 3.20. The standard InChI is InChI=1S/C22H24Cl3FN4O2S/c1-2-30(33(31,32)21-13-17(24)16(23)12-18(21)25)10-9-29-7-5-14(6-8-29)22-27-19-4-3-15(26)11-20(19)28-22/h3-4,11-14H,2,5-10H2,1H3,(H,27,28). The molecule has 1 N–H and O–H groups in total. The molecule has 0 saturated carbocycles. The number of benzene rings is 2. The molecule has 0 bridgehead atoms. The number of aromatic nitrogens is 2. The Labute approximate surface area is 207 Å². The lowest BCUT2D eigenvalue weighted by atomic mass is 9.96. The van der Waals surface area contributed by atoms with E-state index in [0.29, 0.717) is 25.2 Å². The van der Waals surface area contributed by atoms with Gasteiger partial charge in [-0.1, -0.05) is 41.7 Å². The molecule has 0 aliphatic carbocycles. The molecular formula is C22H24Cl3FN4O2S. The smallest absolute Gasteiger partial charge is 0.244 e. The predicted molar refractivity (Wildman–Crippen MR) is 130 cm³/mol. The molecule has 0 spiro atoms. The minimum Gasteiger partial charge on any atom is -0.342 e. The van der Waals surface area contributed by atoms with E-state index in [1.54, 1.807) is 13.0 Å². The van der Waals surface area contributed by atoms with Crippen LogP contribution in [0.3, 0.4) is 0 Å². The normalized spacial score (nSPS) is 16.2. The van der Waals surface area contributed by atoms with Crippen molar-refractivity contribution in [2.45, 2.75) is 30.6 Å². The number of fused-ring (bicyclic) bond motifs is 1. The number of sulfonamides is 1. The number of likely N-dealkylation sites (N-methyl/N-ethyl adjacent to an activating group) is 1. The number of rotatable bonds is 7. The molecule has 2 heterocycles. The molecular weight excluding hydrogens is 510 g/mol. The van der Waals surface area contributed by atoms with Crippen molar-refractivity contribution < 1.29 is 12.8 Å². The Bertz CT molecular complexity index is 1260. The first-order valence-corrected chi connectivity index (χ1v) is 13.3. The monoisotopic (exact) mass is 532 g/mol. The van der Waals surface area contributed by atoms with Crippen molar-refractivity contribution in [1.82, 2.24) is 19.2 Å².